The molecule has 6 heteroatoms. The molecule has 2 N–H and O–H groups in total. The van der Waals surface area contributed by atoms with Gasteiger partial charge in [-0.25, -0.2) is 4.98 Å². The van der Waals surface area contributed by atoms with Crippen LogP contribution in [0.2, 0.25) is 0 Å². The van der Waals surface area contributed by atoms with E-state index in [1.165, 1.54) is 18.2 Å². The molecular weight excluding hydrogens is 229 g/mol. The molecule has 0 saturated heterocycles. The van der Waals surface area contributed by atoms with E-state index in [4.69, 9.17) is 5.11 Å². The fourth-order valence-corrected chi connectivity index (χ4v) is 1.11. The zero-order valence-electron chi connectivity index (χ0n) is 9.28. The number of hydrogen-bond donors (Lipinski definition) is 2. The molecule has 1 radical (unpaired) electrons. The van der Waals surface area contributed by atoms with E-state index in [0.29, 0.717) is 5.82 Å². The summed E-state index contributed by atoms with van der Waals surface area (Å²) in [6.45, 7) is 0. The van der Waals surface area contributed by atoms with E-state index in [2.05, 4.69) is 15.2 Å². The molecule has 1 heterocycles. The number of aromatic nitrogens is 1. The van der Waals surface area contributed by atoms with Crippen LogP contribution in [0.4, 0.5) is 11.5 Å². The van der Waals surface area contributed by atoms with Crippen molar-refractivity contribution in [2.45, 2.75) is 0 Å². The van der Waals surface area contributed by atoms with Crippen LogP contribution < -0.4 is 0 Å². The maximum atomic E-state index is 9.44. The molecule has 0 unspecified atom stereocenters. The molecule has 0 aliphatic heterocycles. The molecule has 1 aromatic carbocycles. The zero-order chi connectivity index (χ0) is 11.4. The van der Waals surface area contributed by atoms with E-state index in [9.17, 15) is 5.11 Å². The minimum atomic E-state index is -0.125. The van der Waals surface area contributed by atoms with Gasteiger partial charge >= 0.3 is 0 Å². The molecule has 0 atom stereocenters. The van der Waals surface area contributed by atoms with Gasteiger partial charge in [-0.3, -0.25) is 0 Å². The molecule has 0 bridgehead atoms. The zero-order valence-corrected chi connectivity index (χ0v) is 11.3. The minimum absolute atomic E-state index is 0. The van der Waals surface area contributed by atoms with Gasteiger partial charge in [0.2, 0.25) is 0 Å². The molecule has 0 aliphatic rings. The van der Waals surface area contributed by atoms with Gasteiger partial charge in [-0.2, -0.15) is 0 Å². The number of rotatable bonds is 2. The Morgan fingerprint density at radius 3 is 2.47 bits per heavy atom. The van der Waals surface area contributed by atoms with Crippen LogP contribution in [0.1, 0.15) is 0 Å². The molecule has 2 aromatic rings. The van der Waals surface area contributed by atoms with E-state index >= 15 is 0 Å². The van der Waals surface area contributed by atoms with Crippen molar-refractivity contribution in [1.82, 2.24) is 4.98 Å². The van der Waals surface area contributed by atoms with Crippen LogP contribution >= 0.6 is 0 Å². The number of benzene rings is 1. The van der Waals surface area contributed by atoms with Crippen molar-refractivity contribution >= 4 is 41.1 Å². The number of aromatic hydroxyl groups is 2. The molecule has 81 valence electrons. The molecule has 2 rings (SSSR count). The molecule has 0 spiro atoms. The summed E-state index contributed by atoms with van der Waals surface area (Å²) >= 11 is 0. The predicted octanol–water partition coefficient (Wildman–Crippen LogP) is 2.53. The van der Waals surface area contributed by atoms with Gasteiger partial charge in [-0.15, -0.1) is 10.2 Å². The second-order valence-electron chi connectivity index (χ2n) is 3.06. The van der Waals surface area contributed by atoms with Crippen LogP contribution in [0.3, 0.4) is 0 Å². The first kappa shape index (κ1) is 13.6. The molecule has 0 fully saturated rings. The topological polar surface area (TPSA) is 78.1 Å². The van der Waals surface area contributed by atoms with E-state index in [1.54, 1.807) is 24.4 Å². The monoisotopic (exact) mass is 238 g/mol. The standard InChI is InChI=1S/C11H9N3O2.Na/c15-8-4-5-9(10(16)7-8)13-14-11-3-1-2-6-12-11;/h1-7,15-16H;. The molecular formula is C11H9N3NaO2. The maximum absolute atomic E-state index is 9.44. The van der Waals surface area contributed by atoms with Crippen LogP contribution in [-0.4, -0.2) is 44.8 Å². The van der Waals surface area contributed by atoms with Crippen molar-refractivity contribution in [3.8, 4) is 11.5 Å². The van der Waals surface area contributed by atoms with Gasteiger partial charge in [0, 0.05) is 41.8 Å². The van der Waals surface area contributed by atoms with Crippen molar-refractivity contribution in [3.05, 3.63) is 42.6 Å². The number of azo groups is 1. The third kappa shape index (κ3) is 3.81. The number of hydrogen-bond acceptors (Lipinski definition) is 5. The van der Waals surface area contributed by atoms with Crippen LogP contribution in [-0.2, 0) is 0 Å². The summed E-state index contributed by atoms with van der Waals surface area (Å²) in [5.74, 6) is 0.309. The van der Waals surface area contributed by atoms with Crippen molar-refractivity contribution < 1.29 is 10.2 Å². The van der Waals surface area contributed by atoms with Crippen LogP contribution in [0.15, 0.2) is 52.8 Å². The minimum Gasteiger partial charge on any atom is -0.508 e. The Hall–Kier alpha value is -1.43. The largest absolute Gasteiger partial charge is 0.508 e. The van der Waals surface area contributed by atoms with Crippen molar-refractivity contribution in [3.63, 3.8) is 0 Å². The molecule has 0 amide bonds. The van der Waals surface area contributed by atoms with Crippen LogP contribution in [0.25, 0.3) is 0 Å². The van der Waals surface area contributed by atoms with Gasteiger partial charge in [-0.1, -0.05) is 6.07 Å². The Morgan fingerprint density at radius 2 is 1.82 bits per heavy atom. The van der Waals surface area contributed by atoms with Crippen LogP contribution in [0, 0.1) is 0 Å². The van der Waals surface area contributed by atoms with E-state index in [0.717, 1.165) is 0 Å². The predicted molar refractivity (Wildman–Crippen MR) is 63.9 cm³/mol. The third-order valence-electron chi connectivity index (χ3n) is 1.87. The van der Waals surface area contributed by atoms with Crippen molar-refractivity contribution in [2.24, 2.45) is 10.2 Å². The summed E-state index contributed by atoms with van der Waals surface area (Å²) < 4.78 is 0. The molecule has 17 heavy (non-hydrogen) atoms. The van der Waals surface area contributed by atoms with Gasteiger partial charge in [-0.05, 0) is 24.3 Å². The Morgan fingerprint density at radius 1 is 1.00 bits per heavy atom. The van der Waals surface area contributed by atoms with Gasteiger partial charge < -0.3 is 10.2 Å². The number of pyridine rings is 1. The average Bonchev–Trinajstić information content (AvgIpc) is 2.29. The summed E-state index contributed by atoms with van der Waals surface area (Å²) in [6, 6.07) is 9.35. The number of phenolic OH excluding ortho intramolecular Hbond substituents is 2. The number of phenols is 2. The van der Waals surface area contributed by atoms with Crippen molar-refractivity contribution in [1.29, 1.82) is 0 Å². The third-order valence-corrected chi connectivity index (χ3v) is 1.87. The van der Waals surface area contributed by atoms with Gasteiger partial charge in [0.05, 0.1) is 0 Å². The Bertz CT molecular complexity index is 517. The van der Waals surface area contributed by atoms with E-state index in [1.807, 2.05) is 0 Å². The first-order chi connectivity index (χ1) is 7.75. The van der Waals surface area contributed by atoms with E-state index in [-0.39, 0.29) is 46.7 Å². The summed E-state index contributed by atoms with van der Waals surface area (Å²) in [5, 5.41) is 26.2. The van der Waals surface area contributed by atoms with Crippen LogP contribution in [0.5, 0.6) is 11.5 Å². The average molecular weight is 238 g/mol. The Balaban J connectivity index is 0.00000144. The van der Waals surface area contributed by atoms with Gasteiger partial charge in [0.1, 0.15) is 17.2 Å². The first-order valence-corrected chi connectivity index (χ1v) is 4.60. The molecule has 0 aliphatic carbocycles. The second-order valence-corrected chi connectivity index (χ2v) is 3.06. The first-order valence-electron chi connectivity index (χ1n) is 4.60. The smallest absolute Gasteiger partial charge is 0.174 e. The fraction of sp³-hybridized carbons (Fsp3) is 0. The number of nitrogens with zero attached hydrogens (tertiary/aromatic N) is 3. The molecule has 0 saturated carbocycles. The Kier molecular flexibility index (Phi) is 5.09. The SMILES string of the molecule is Oc1ccc(N=Nc2ccccn2)c(O)c1.[Na]. The fourth-order valence-electron chi connectivity index (χ4n) is 1.11. The summed E-state index contributed by atoms with van der Waals surface area (Å²) in [6.07, 6.45) is 1.60. The van der Waals surface area contributed by atoms with E-state index < -0.39 is 0 Å². The van der Waals surface area contributed by atoms with Gasteiger partial charge in [0.15, 0.2) is 5.82 Å². The quantitative estimate of drug-likeness (QED) is 0.623. The van der Waals surface area contributed by atoms with Gasteiger partial charge in [0.25, 0.3) is 0 Å². The second kappa shape index (κ2) is 6.34. The molecule has 5 nitrogen and oxygen atoms in total. The normalized spacial score (nSPS) is 10.1. The summed E-state index contributed by atoms with van der Waals surface area (Å²) in [7, 11) is 0. The van der Waals surface area contributed by atoms with Crippen molar-refractivity contribution in [2.75, 3.05) is 0 Å². The summed E-state index contributed by atoms with van der Waals surface area (Å²) in [4.78, 5) is 3.95. The molecule has 1 aromatic heterocycles. The Labute approximate surface area is 120 Å². The maximum Gasteiger partial charge on any atom is 0.174 e. The summed E-state index contributed by atoms with van der Waals surface area (Å²) in [5.41, 5.74) is 0.281.